The molecule has 15 heteroatoms. The highest BCUT2D eigenvalue weighted by Crippen LogP contribution is 2.30. The maximum absolute atomic E-state index is 13.2. The first kappa shape index (κ1) is 30.1. The third-order valence-electron chi connectivity index (χ3n) is 6.07. The minimum Gasteiger partial charge on any atom is -0.379 e. The molecule has 216 valence electrons. The Balaban J connectivity index is 1.55. The zero-order chi connectivity index (χ0) is 29.1. The van der Waals surface area contributed by atoms with Crippen LogP contribution in [0.25, 0.3) is 11.4 Å². The average molecular weight is 609 g/mol. The van der Waals surface area contributed by atoms with Crippen molar-refractivity contribution in [1.29, 1.82) is 0 Å². The first-order valence-electron chi connectivity index (χ1n) is 12.6. The molecule has 2 aromatic carbocycles. The van der Waals surface area contributed by atoms with E-state index in [-0.39, 0.29) is 21.6 Å². The average Bonchev–Trinajstić information content (AvgIpc) is 3.30. The van der Waals surface area contributed by atoms with Gasteiger partial charge in [0, 0.05) is 30.9 Å². The summed E-state index contributed by atoms with van der Waals surface area (Å²) in [5.41, 5.74) is 1.02. The summed E-state index contributed by atoms with van der Waals surface area (Å²) in [6, 6.07) is 12.2. The van der Waals surface area contributed by atoms with Gasteiger partial charge in [-0.15, -0.1) is 10.2 Å². The Morgan fingerprint density at radius 3 is 2.33 bits per heavy atom. The number of amides is 1. The Kier molecular flexibility index (Phi) is 9.32. The van der Waals surface area contributed by atoms with E-state index in [2.05, 4.69) is 15.5 Å². The van der Waals surface area contributed by atoms with Crippen molar-refractivity contribution in [3.63, 3.8) is 0 Å². The van der Waals surface area contributed by atoms with Crippen LogP contribution in [0.4, 0.5) is 5.69 Å². The number of nitrogens with one attached hydrogen (secondary N) is 1. The van der Waals surface area contributed by atoms with Crippen molar-refractivity contribution in [1.82, 2.24) is 19.1 Å². The molecule has 0 saturated carbocycles. The lowest BCUT2D eigenvalue weighted by atomic mass is 10.2. The SMILES string of the molecule is CC(C)Cn1c(S[C@@H](C)C(=O)Nc2ccc(S(N)(=O)=O)cc2)nnc1-c1cccc(S(=O)(=O)N2CCOCC2)c1. The first-order valence-corrected chi connectivity index (χ1v) is 16.4. The molecule has 0 spiro atoms. The molecule has 0 radical (unpaired) electrons. The number of aromatic nitrogens is 3. The van der Waals surface area contributed by atoms with E-state index in [0.717, 1.165) is 0 Å². The summed E-state index contributed by atoms with van der Waals surface area (Å²) in [6.07, 6.45) is 0. The van der Waals surface area contributed by atoms with Crippen LogP contribution >= 0.6 is 11.8 Å². The van der Waals surface area contributed by atoms with Gasteiger partial charge in [-0.25, -0.2) is 22.0 Å². The fourth-order valence-electron chi connectivity index (χ4n) is 4.03. The second-order valence-electron chi connectivity index (χ2n) is 9.67. The number of thioether (sulfide) groups is 1. The van der Waals surface area contributed by atoms with Gasteiger partial charge in [0.25, 0.3) is 0 Å². The number of anilines is 1. The number of morpholine rings is 1. The number of hydrogen-bond acceptors (Lipinski definition) is 9. The quantitative estimate of drug-likeness (QED) is 0.329. The first-order chi connectivity index (χ1) is 18.9. The predicted molar refractivity (Wildman–Crippen MR) is 152 cm³/mol. The Morgan fingerprint density at radius 1 is 1.02 bits per heavy atom. The highest BCUT2D eigenvalue weighted by Gasteiger charge is 2.28. The maximum atomic E-state index is 13.2. The van der Waals surface area contributed by atoms with Crippen LogP contribution in [0, 0.1) is 5.92 Å². The molecule has 0 aliphatic carbocycles. The lowest BCUT2D eigenvalue weighted by molar-refractivity contribution is -0.115. The molecule has 40 heavy (non-hydrogen) atoms. The van der Waals surface area contributed by atoms with Crippen LogP contribution in [0.5, 0.6) is 0 Å². The van der Waals surface area contributed by atoms with Gasteiger partial charge in [0.15, 0.2) is 11.0 Å². The van der Waals surface area contributed by atoms with Crippen molar-refractivity contribution in [2.24, 2.45) is 11.1 Å². The molecule has 1 aliphatic rings. The van der Waals surface area contributed by atoms with Crippen molar-refractivity contribution >= 4 is 43.4 Å². The van der Waals surface area contributed by atoms with E-state index in [1.807, 2.05) is 18.4 Å². The van der Waals surface area contributed by atoms with Gasteiger partial charge < -0.3 is 14.6 Å². The van der Waals surface area contributed by atoms with Crippen LogP contribution in [0.3, 0.4) is 0 Å². The zero-order valence-electron chi connectivity index (χ0n) is 22.3. The van der Waals surface area contributed by atoms with Crippen LogP contribution in [0.2, 0.25) is 0 Å². The molecule has 12 nitrogen and oxygen atoms in total. The molecular weight excluding hydrogens is 577 g/mol. The fraction of sp³-hybridized carbons (Fsp3) is 0.400. The Bertz CT molecular complexity index is 1570. The molecule has 3 aromatic rings. The smallest absolute Gasteiger partial charge is 0.243 e. The molecule has 3 N–H and O–H groups in total. The Hall–Kier alpha value is -2.82. The number of ether oxygens (including phenoxy) is 1. The minimum atomic E-state index is -3.83. The maximum Gasteiger partial charge on any atom is 0.243 e. The molecule has 1 saturated heterocycles. The number of rotatable bonds is 10. The molecule has 1 aromatic heterocycles. The standard InChI is InChI=1S/C25H32N6O6S3/c1-17(2)16-31-23(19-5-4-6-22(15-19)40(35,36)30-11-13-37-14-12-30)28-29-25(31)38-18(3)24(32)27-20-7-9-21(10-8-20)39(26,33)34/h4-10,15,17-18H,11-14,16H2,1-3H3,(H,27,32)(H2,26,33,34)/t18-/m0/s1. The van der Waals surface area contributed by atoms with Gasteiger partial charge in [0.05, 0.1) is 28.3 Å². The van der Waals surface area contributed by atoms with E-state index in [9.17, 15) is 21.6 Å². The van der Waals surface area contributed by atoms with Crippen LogP contribution in [-0.4, -0.2) is 73.4 Å². The molecule has 1 amide bonds. The molecule has 1 fully saturated rings. The molecule has 0 bridgehead atoms. The molecular formula is C25H32N6O6S3. The summed E-state index contributed by atoms with van der Waals surface area (Å²) in [7, 11) is -7.53. The monoisotopic (exact) mass is 608 g/mol. The van der Waals surface area contributed by atoms with E-state index in [4.69, 9.17) is 9.88 Å². The third-order valence-corrected chi connectivity index (χ3v) is 9.97. The van der Waals surface area contributed by atoms with Gasteiger partial charge in [0.1, 0.15) is 0 Å². The van der Waals surface area contributed by atoms with Gasteiger partial charge in [-0.2, -0.15) is 4.31 Å². The molecule has 0 unspecified atom stereocenters. The number of benzene rings is 2. The summed E-state index contributed by atoms with van der Waals surface area (Å²) in [5.74, 6) is 0.407. The summed E-state index contributed by atoms with van der Waals surface area (Å²) in [6.45, 7) is 7.67. The second kappa shape index (κ2) is 12.4. The largest absolute Gasteiger partial charge is 0.379 e. The lowest BCUT2D eigenvalue weighted by Gasteiger charge is -2.26. The number of sulfonamides is 2. The van der Waals surface area contributed by atoms with Crippen molar-refractivity contribution in [2.45, 2.75) is 47.5 Å². The van der Waals surface area contributed by atoms with Gasteiger partial charge in [-0.1, -0.05) is 37.7 Å². The van der Waals surface area contributed by atoms with Gasteiger partial charge in [-0.05, 0) is 49.2 Å². The van der Waals surface area contributed by atoms with Crippen molar-refractivity contribution < 1.29 is 26.4 Å². The number of carbonyl (C=O) groups excluding carboxylic acids is 1. The fourth-order valence-corrected chi connectivity index (χ4v) is 6.86. The highest BCUT2D eigenvalue weighted by molar-refractivity contribution is 8.00. The Morgan fingerprint density at radius 2 is 1.70 bits per heavy atom. The summed E-state index contributed by atoms with van der Waals surface area (Å²) in [5, 5.41) is 16.5. The van der Waals surface area contributed by atoms with E-state index in [1.165, 1.54) is 40.3 Å². The third kappa shape index (κ3) is 7.08. The minimum absolute atomic E-state index is 0.0518. The van der Waals surface area contributed by atoms with Crippen LogP contribution in [0.15, 0.2) is 63.5 Å². The van der Waals surface area contributed by atoms with Crippen molar-refractivity contribution in [2.75, 3.05) is 31.6 Å². The number of carbonyl (C=O) groups is 1. The van der Waals surface area contributed by atoms with Crippen LogP contribution in [0.1, 0.15) is 20.8 Å². The Labute approximate surface area is 238 Å². The van der Waals surface area contributed by atoms with Gasteiger partial charge >= 0.3 is 0 Å². The van der Waals surface area contributed by atoms with Crippen LogP contribution in [-0.2, 0) is 36.1 Å². The van der Waals surface area contributed by atoms with Crippen LogP contribution < -0.4 is 10.5 Å². The number of nitrogens with two attached hydrogens (primary N) is 1. The normalized spacial score (nSPS) is 15.7. The lowest BCUT2D eigenvalue weighted by Crippen LogP contribution is -2.40. The van der Waals surface area contributed by atoms with E-state index < -0.39 is 25.3 Å². The van der Waals surface area contributed by atoms with Gasteiger partial charge in [-0.3, -0.25) is 4.79 Å². The van der Waals surface area contributed by atoms with E-state index >= 15 is 0 Å². The summed E-state index contributed by atoms with van der Waals surface area (Å²) >= 11 is 1.22. The number of primary sulfonamides is 1. The van der Waals surface area contributed by atoms with Crippen molar-refractivity contribution in [3.8, 4) is 11.4 Å². The van der Waals surface area contributed by atoms with Gasteiger partial charge in [0.2, 0.25) is 26.0 Å². The van der Waals surface area contributed by atoms with E-state index in [1.54, 1.807) is 31.2 Å². The zero-order valence-corrected chi connectivity index (χ0v) is 24.8. The molecule has 2 heterocycles. The van der Waals surface area contributed by atoms with E-state index in [0.29, 0.717) is 55.1 Å². The highest BCUT2D eigenvalue weighted by atomic mass is 32.2. The topological polar surface area (TPSA) is 167 Å². The molecule has 4 rings (SSSR count). The molecule has 1 aliphatic heterocycles. The predicted octanol–water partition coefficient (Wildman–Crippen LogP) is 2.39. The van der Waals surface area contributed by atoms with Crippen molar-refractivity contribution in [3.05, 3.63) is 48.5 Å². The molecule has 1 atom stereocenters. The summed E-state index contributed by atoms with van der Waals surface area (Å²) < 4.78 is 58.0. The number of hydrogen-bond donors (Lipinski definition) is 2. The second-order valence-corrected chi connectivity index (χ2v) is 14.5. The number of nitrogens with zero attached hydrogens (tertiary/aromatic N) is 4. The summed E-state index contributed by atoms with van der Waals surface area (Å²) in [4.78, 5) is 13.0.